The van der Waals surface area contributed by atoms with Crippen molar-refractivity contribution in [1.29, 1.82) is 0 Å². The maximum absolute atomic E-state index is 11.0. The molecule has 0 fully saturated rings. The van der Waals surface area contributed by atoms with Gasteiger partial charge in [-0.25, -0.2) is 9.50 Å². The number of carboxylic acid groups (broad SMARTS) is 1. The van der Waals surface area contributed by atoms with Gasteiger partial charge in [-0.05, 0) is 19.4 Å². The van der Waals surface area contributed by atoms with Crippen LogP contribution in [0.2, 0.25) is 0 Å². The van der Waals surface area contributed by atoms with Gasteiger partial charge >= 0.3 is 5.97 Å². The van der Waals surface area contributed by atoms with E-state index in [-0.39, 0.29) is 6.42 Å². The summed E-state index contributed by atoms with van der Waals surface area (Å²) in [6.45, 7) is 4.06. The van der Waals surface area contributed by atoms with Gasteiger partial charge < -0.3 is 5.11 Å². The molecular weight excluding hydrogens is 274 g/mol. The Morgan fingerprint density at radius 1 is 1.40 bits per heavy atom. The molecule has 102 valence electrons. The van der Waals surface area contributed by atoms with E-state index in [1.54, 1.807) is 4.52 Å². The highest BCUT2D eigenvalue weighted by molar-refractivity contribution is 7.17. The van der Waals surface area contributed by atoms with Crippen LogP contribution in [0.1, 0.15) is 16.0 Å². The first-order valence-electron chi connectivity index (χ1n) is 6.17. The van der Waals surface area contributed by atoms with E-state index in [1.165, 1.54) is 23.2 Å². The lowest BCUT2D eigenvalue weighted by atomic mass is 10.0. The molecular formula is C14H13N3O2S. The summed E-state index contributed by atoms with van der Waals surface area (Å²) in [5.74, 6) is -0.847. The number of nitrogens with zero attached hydrogens (tertiary/aromatic N) is 3. The zero-order valence-electron chi connectivity index (χ0n) is 11.1. The summed E-state index contributed by atoms with van der Waals surface area (Å²) in [6.07, 6.45) is 1.47. The molecule has 0 spiro atoms. The van der Waals surface area contributed by atoms with Crippen LogP contribution in [0.25, 0.3) is 16.2 Å². The largest absolute Gasteiger partial charge is 0.481 e. The summed E-state index contributed by atoms with van der Waals surface area (Å²) in [5, 5.41) is 13.3. The Hall–Kier alpha value is -2.21. The first kappa shape index (κ1) is 12.8. The predicted molar refractivity (Wildman–Crippen MR) is 77.1 cm³/mol. The van der Waals surface area contributed by atoms with E-state index >= 15 is 0 Å². The smallest absolute Gasteiger partial charge is 0.308 e. The van der Waals surface area contributed by atoms with Crippen LogP contribution in [-0.4, -0.2) is 25.7 Å². The van der Waals surface area contributed by atoms with Crippen LogP contribution in [0, 0.1) is 13.8 Å². The average Bonchev–Trinajstić information content (AvgIpc) is 2.90. The van der Waals surface area contributed by atoms with E-state index in [1.807, 2.05) is 26.0 Å². The Labute approximate surface area is 119 Å². The highest BCUT2D eigenvalue weighted by Crippen LogP contribution is 2.33. The third-order valence-electron chi connectivity index (χ3n) is 3.16. The zero-order valence-corrected chi connectivity index (χ0v) is 11.9. The van der Waals surface area contributed by atoms with Crippen molar-refractivity contribution in [3.63, 3.8) is 0 Å². The minimum absolute atomic E-state index is 0.0155. The first-order chi connectivity index (χ1) is 9.56. The number of carboxylic acids is 1. The number of aryl methyl sites for hydroxylation is 2. The SMILES string of the molecule is Cc1ccc(-c2c(CC(=O)O)sc3ncnn23)c(C)c1. The summed E-state index contributed by atoms with van der Waals surface area (Å²) in [4.78, 5) is 16.7. The first-order valence-corrected chi connectivity index (χ1v) is 6.98. The van der Waals surface area contributed by atoms with Crippen molar-refractivity contribution in [3.05, 3.63) is 40.5 Å². The molecule has 0 amide bonds. The molecule has 20 heavy (non-hydrogen) atoms. The van der Waals surface area contributed by atoms with E-state index < -0.39 is 5.97 Å². The normalized spacial score (nSPS) is 11.1. The zero-order chi connectivity index (χ0) is 14.3. The molecule has 5 nitrogen and oxygen atoms in total. The van der Waals surface area contributed by atoms with Crippen molar-refractivity contribution in [2.75, 3.05) is 0 Å². The topological polar surface area (TPSA) is 67.5 Å². The molecule has 0 aliphatic carbocycles. The van der Waals surface area contributed by atoms with Crippen molar-refractivity contribution in [2.24, 2.45) is 0 Å². The van der Waals surface area contributed by atoms with Gasteiger partial charge in [0, 0.05) is 10.4 Å². The van der Waals surface area contributed by atoms with Crippen LogP contribution in [0.15, 0.2) is 24.5 Å². The molecule has 0 aliphatic rings. The van der Waals surface area contributed by atoms with E-state index in [0.29, 0.717) is 0 Å². The molecule has 0 saturated carbocycles. The molecule has 0 atom stereocenters. The van der Waals surface area contributed by atoms with Gasteiger partial charge in [-0.2, -0.15) is 5.10 Å². The number of hydrogen-bond donors (Lipinski definition) is 1. The summed E-state index contributed by atoms with van der Waals surface area (Å²) < 4.78 is 1.72. The third-order valence-corrected chi connectivity index (χ3v) is 4.20. The summed E-state index contributed by atoms with van der Waals surface area (Å²) in [5.41, 5.74) is 4.12. The summed E-state index contributed by atoms with van der Waals surface area (Å²) in [6, 6.07) is 6.12. The Balaban J connectivity index is 2.26. The Bertz CT molecular complexity index is 804. The van der Waals surface area contributed by atoms with E-state index in [4.69, 9.17) is 5.11 Å². The van der Waals surface area contributed by atoms with Crippen LogP contribution in [0.3, 0.4) is 0 Å². The van der Waals surface area contributed by atoms with Gasteiger partial charge in [0.25, 0.3) is 0 Å². The van der Waals surface area contributed by atoms with Gasteiger partial charge in [0.15, 0.2) is 0 Å². The van der Waals surface area contributed by atoms with Gasteiger partial charge in [0.05, 0.1) is 12.1 Å². The minimum atomic E-state index is -0.847. The molecule has 0 radical (unpaired) electrons. The van der Waals surface area contributed by atoms with Gasteiger partial charge in [0.1, 0.15) is 6.33 Å². The lowest BCUT2D eigenvalue weighted by Gasteiger charge is -2.07. The fourth-order valence-electron chi connectivity index (χ4n) is 2.33. The molecule has 0 unspecified atom stereocenters. The lowest BCUT2D eigenvalue weighted by Crippen LogP contribution is -2.01. The molecule has 0 aliphatic heterocycles. The maximum Gasteiger partial charge on any atom is 0.308 e. The number of fused-ring (bicyclic) bond motifs is 1. The van der Waals surface area contributed by atoms with Gasteiger partial charge in [-0.15, -0.1) is 0 Å². The number of hydrogen-bond acceptors (Lipinski definition) is 4. The molecule has 2 heterocycles. The van der Waals surface area contributed by atoms with Crippen LogP contribution in [0.4, 0.5) is 0 Å². The predicted octanol–water partition coefficient (Wildman–Crippen LogP) is 2.70. The second-order valence-electron chi connectivity index (χ2n) is 4.72. The van der Waals surface area contributed by atoms with Gasteiger partial charge in [0.2, 0.25) is 4.96 Å². The fraction of sp³-hybridized carbons (Fsp3) is 0.214. The monoisotopic (exact) mass is 287 g/mol. The Morgan fingerprint density at radius 3 is 2.90 bits per heavy atom. The number of thiazole rings is 1. The number of benzene rings is 1. The van der Waals surface area contributed by atoms with Crippen molar-refractivity contribution in [1.82, 2.24) is 14.6 Å². The van der Waals surface area contributed by atoms with Crippen molar-refractivity contribution in [3.8, 4) is 11.3 Å². The highest BCUT2D eigenvalue weighted by Gasteiger charge is 2.19. The van der Waals surface area contributed by atoms with Crippen LogP contribution < -0.4 is 0 Å². The Morgan fingerprint density at radius 2 is 2.20 bits per heavy atom. The molecule has 6 heteroatoms. The second kappa shape index (κ2) is 4.72. The van der Waals surface area contributed by atoms with Gasteiger partial charge in [-0.3, -0.25) is 4.79 Å². The lowest BCUT2D eigenvalue weighted by molar-refractivity contribution is -0.136. The Kier molecular flexibility index (Phi) is 3.02. The van der Waals surface area contributed by atoms with E-state index in [9.17, 15) is 4.79 Å². The van der Waals surface area contributed by atoms with Crippen molar-refractivity contribution < 1.29 is 9.90 Å². The molecule has 2 aromatic heterocycles. The summed E-state index contributed by atoms with van der Waals surface area (Å²) in [7, 11) is 0. The van der Waals surface area contributed by atoms with Crippen LogP contribution >= 0.6 is 11.3 Å². The quantitative estimate of drug-likeness (QED) is 0.804. The minimum Gasteiger partial charge on any atom is -0.481 e. The molecule has 0 saturated heterocycles. The molecule has 3 rings (SSSR count). The molecule has 3 aromatic rings. The van der Waals surface area contributed by atoms with Crippen molar-refractivity contribution in [2.45, 2.75) is 20.3 Å². The maximum atomic E-state index is 11.0. The second-order valence-corrected chi connectivity index (χ2v) is 5.78. The summed E-state index contributed by atoms with van der Waals surface area (Å²) >= 11 is 1.38. The fourth-order valence-corrected chi connectivity index (χ4v) is 3.37. The van der Waals surface area contributed by atoms with E-state index in [2.05, 4.69) is 16.1 Å². The number of aliphatic carboxylic acids is 1. The highest BCUT2D eigenvalue weighted by atomic mass is 32.1. The van der Waals surface area contributed by atoms with Gasteiger partial charge in [-0.1, -0.05) is 35.1 Å². The third kappa shape index (κ3) is 2.08. The van der Waals surface area contributed by atoms with Crippen LogP contribution in [0.5, 0.6) is 0 Å². The molecule has 1 N–H and O–H groups in total. The standard InChI is InChI=1S/C14H13N3O2S/c1-8-3-4-10(9(2)5-8)13-11(6-12(18)19)20-14-15-7-16-17(13)14/h3-5,7H,6H2,1-2H3,(H,18,19). The van der Waals surface area contributed by atoms with E-state index in [0.717, 1.165) is 26.7 Å². The van der Waals surface area contributed by atoms with Crippen LogP contribution in [-0.2, 0) is 11.2 Å². The number of aromatic nitrogens is 3. The number of carbonyl (C=O) groups is 1. The molecule has 0 bridgehead atoms. The van der Waals surface area contributed by atoms with Crippen molar-refractivity contribution >= 4 is 22.3 Å². The number of rotatable bonds is 3. The average molecular weight is 287 g/mol. The molecule has 1 aromatic carbocycles.